The SMILES string of the molecule is CC1(C)CN(Cc2ccc(O)cc2)CC(CCl)O1. The van der Waals surface area contributed by atoms with Crippen molar-refractivity contribution in [2.75, 3.05) is 19.0 Å². The van der Waals surface area contributed by atoms with Gasteiger partial charge in [-0.3, -0.25) is 4.90 Å². The van der Waals surface area contributed by atoms with Gasteiger partial charge in [-0.2, -0.15) is 0 Å². The van der Waals surface area contributed by atoms with Crippen molar-refractivity contribution in [2.24, 2.45) is 0 Å². The lowest BCUT2D eigenvalue weighted by molar-refractivity contribution is -0.129. The molecule has 0 aliphatic carbocycles. The number of phenols is 1. The van der Waals surface area contributed by atoms with Crippen molar-refractivity contribution in [3.8, 4) is 5.75 Å². The molecule has 1 N–H and O–H groups in total. The molecule has 0 amide bonds. The lowest BCUT2D eigenvalue weighted by Crippen LogP contribution is -2.52. The molecule has 0 saturated carbocycles. The summed E-state index contributed by atoms with van der Waals surface area (Å²) in [4.78, 5) is 2.35. The second-order valence-corrected chi connectivity index (χ2v) is 5.80. The number of rotatable bonds is 3. The maximum absolute atomic E-state index is 9.27. The minimum atomic E-state index is -0.158. The highest BCUT2D eigenvalue weighted by Gasteiger charge is 2.32. The highest BCUT2D eigenvalue weighted by molar-refractivity contribution is 6.18. The van der Waals surface area contributed by atoms with Gasteiger partial charge in [0.1, 0.15) is 5.75 Å². The van der Waals surface area contributed by atoms with E-state index in [0.717, 1.165) is 19.6 Å². The van der Waals surface area contributed by atoms with Crippen molar-refractivity contribution in [3.63, 3.8) is 0 Å². The van der Waals surface area contributed by atoms with E-state index in [2.05, 4.69) is 18.7 Å². The monoisotopic (exact) mass is 269 g/mol. The molecule has 18 heavy (non-hydrogen) atoms. The Balaban J connectivity index is 2.02. The van der Waals surface area contributed by atoms with Gasteiger partial charge in [0, 0.05) is 25.5 Å². The molecule has 1 aromatic carbocycles. The van der Waals surface area contributed by atoms with Crippen molar-refractivity contribution in [2.45, 2.75) is 32.1 Å². The molecule has 3 nitrogen and oxygen atoms in total. The lowest BCUT2D eigenvalue weighted by Gasteiger charge is -2.42. The van der Waals surface area contributed by atoms with Crippen LogP contribution in [0.5, 0.6) is 5.75 Å². The molecule has 4 heteroatoms. The van der Waals surface area contributed by atoms with Crippen molar-refractivity contribution in [1.29, 1.82) is 0 Å². The summed E-state index contributed by atoms with van der Waals surface area (Å²) in [6.45, 7) is 6.79. The molecule has 1 heterocycles. The Morgan fingerprint density at radius 1 is 1.39 bits per heavy atom. The minimum absolute atomic E-state index is 0.0903. The first kappa shape index (κ1) is 13.7. The molecule has 0 radical (unpaired) electrons. The summed E-state index contributed by atoms with van der Waals surface area (Å²) in [5.41, 5.74) is 1.04. The predicted octanol–water partition coefficient (Wildman–Crippen LogP) is 2.61. The Bertz CT molecular complexity index is 391. The molecule has 1 aliphatic rings. The zero-order valence-corrected chi connectivity index (χ0v) is 11.7. The fraction of sp³-hybridized carbons (Fsp3) is 0.571. The van der Waals surface area contributed by atoms with Gasteiger partial charge in [0.25, 0.3) is 0 Å². The number of alkyl halides is 1. The van der Waals surface area contributed by atoms with E-state index in [9.17, 15) is 5.11 Å². The highest BCUT2D eigenvalue weighted by atomic mass is 35.5. The van der Waals surface area contributed by atoms with Crippen LogP contribution in [-0.2, 0) is 11.3 Å². The molecule has 0 spiro atoms. The van der Waals surface area contributed by atoms with E-state index in [1.165, 1.54) is 5.56 Å². The molecule has 0 bridgehead atoms. The van der Waals surface area contributed by atoms with E-state index in [4.69, 9.17) is 16.3 Å². The largest absolute Gasteiger partial charge is 0.508 e. The minimum Gasteiger partial charge on any atom is -0.508 e. The molecule has 1 fully saturated rings. The molecule has 2 rings (SSSR count). The number of morpholine rings is 1. The summed E-state index contributed by atoms with van der Waals surface area (Å²) in [6.07, 6.45) is 0.0903. The van der Waals surface area contributed by atoms with Crippen LogP contribution in [0, 0.1) is 0 Å². The molecule has 1 unspecified atom stereocenters. The summed E-state index contributed by atoms with van der Waals surface area (Å²) in [7, 11) is 0. The Hall–Kier alpha value is -0.770. The van der Waals surface area contributed by atoms with Crippen molar-refractivity contribution in [1.82, 2.24) is 4.90 Å². The quantitative estimate of drug-likeness (QED) is 0.857. The van der Waals surface area contributed by atoms with Crippen LogP contribution in [0.15, 0.2) is 24.3 Å². The second-order valence-electron chi connectivity index (χ2n) is 5.49. The number of phenolic OH excluding ortho intramolecular Hbond substituents is 1. The van der Waals surface area contributed by atoms with Crippen LogP contribution >= 0.6 is 11.6 Å². The lowest BCUT2D eigenvalue weighted by atomic mass is 10.0. The van der Waals surface area contributed by atoms with Crippen LogP contribution in [0.25, 0.3) is 0 Å². The van der Waals surface area contributed by atoms with E-state index < -0.39 is 0 Å². The fourth-order valence-corrected chi connectivity index (χ4v) is 2.64. The highest BCUT2D eigenvalue weighted by Crippen LogP contribution is 2.23. The van der Waals surface area contributed by atoms with Gasteiger partial charge < -0.3 is 9.84 Å². The average Bonchev–Trinajstić information content (AvgIpc) is 2.30. The molecular weight excluding hydrogens is 250 g/mol. The summed E-state index contributed by atoms with van der Waals surface area (Å²) in [6, 6.07) is 7.35. The van der Waals surface area contributed by atoms with E-state index in [1.807, 2.05) is 12.1 Å². The molecule has 1 aromatic rings. The van der Waals surface area contributed by atoms with Crippen LogP contribution in [0.2, 0.25) is 0 Å². The van der Waals surface area contributed by atoms with Gasteiger partial charge in [-0.25, -0.2) is 0 Å². The molecule has 0 aromatic heterocycles. The van der Waals surface area contributed by atoms with Crippen molar-refractivity contribution >= 4 is 11.6 Å². The summed E-state index contributed by atoms with van der Waals surface area (Å²) >= 11 is 5.91. The first-order chi connectivity index (χ1) is 8.48. The molecule has 100 valence electrons. The molecular formula is C14H20ClNO2. The number of benzene rings is 1. The fourth-order valence-electron chi connectivity index (χ4n) is 2.48. The summed E-state index contributed by atoms with van der Waals surface area (Å²) in [5, 5.41) is 9.27. The summed E-state index contributed by atoms with van der Waals surface area (Å²) < 4.78 is 5.90. The number of nitrogens with zero attached hydrogens (tertiary/aromatic N) is 1. The maximum Gasteiger partial charge on any atom is 0.115 e. The van der Waals surface area contributed by atoms with Gasteiger partial charge in [-0.05, 0) is 31.5 Å². The topological polar surface area (TPSA) is 32.7 Å². The van der Waals surface area contributed by atoms with Gasteiger partial charge >= 0.3 is 0 Å². The van der Waals surface area contributed by atoms with Crippen molar-refractivity contribution < 1.29 is 9.84 Å². The Morgan fingerprint density at radius 3 is 2.67 bits per heavy atom. The predicted molar refractivity (Wildman–Crippen MR) is 73.1 cm³/mol. The standard InChI is InChI=1S/C14H20ClNO2/c1-14(2)10-16(9-13(7-15)18-14)8-11-3-5-12(17)6-4-11/h3-6,13,17H,7-10H2,1-2H3. The van der Waals surface area contributed by atoms with E-state index >= 15 is 0 Å². The third-order valence-electron chi connectivity index (χ3n) is 3.07. The Morgan fingerprint density at radius 2 is 2.06 bits per heavy atom. The molecule has 1 atom stereocenters. The third-order valence-corrected chi connectivity index (χ3v) is 3.41. The smallest absolute Gasteiger partial charge is 0.115 e. The molecule has 1 aliphatic heterocycles. The third kappa shape index (κ3) is 3.61. The van der Waals surface area contributed by atoms with Crippen LogP contribution < -0.4 is 0 Å². The normalized spacial score (nSPS) is 24.1. The number of hydrogen-bond donors (Lipinski definition) is 1. The zero-order valence-electron chi connectivity index (χ0n) is 10.9. The first-order valence-corrected chi connectivity index (χ1v) is 6.76. The number of aromatic hydroxyl groups is 1. The maximum atomic E-state index is 9.27. The Kier molecular flexibility index (Phi) is 4.15. The van der Waals surface area contributed by atoms with E-state index in [1.54, 1.807) is 12.1 Å². The number of halogens is 1. The van der Waals surface area contributed by atoms with Gasteiger partial charge in [-0.1, -0.05) is 12.1 Å². The molecule has 1 saturated heterocycles. The number of hydrogen-bond acceptors (Lipinski definition) is 3. The van der Waals surface area contributed by atoms with E-state index in [-0.39, 0.29) is 11.7 Å². The van der Waals surface area contributed by atoms with Crippen LogP contribution in [0.3, 0.4) is 0 Å². The van der Waals surface area contributed by atoms with Gasteiger partial charge in [0.2, 0.25) is 0 Å². The average molecular weight is 270 g/mol. The van der Waals surface area contributed by atoms with E-state index in [0.29, 0.717) is 11.6 Å². The van der Waals surface area contributed by atoms with Gasteiger partial charge in [0.15, 0.2) is 0 Å². The van der Waals surface area contributed by atoms with Gasteiger partial charge in [0.05, 0.1) is 11.7 Å². The van der Waals surface area contributed by atoms with Crippen molar-refractivity contribution in [3.05, 3.63) is 29.8 Å². The van der Waals surface area contributed by atoms with Crippen LogP contribution in [0.1, 0.15) is 19.4 Å². The van der Waals surface area contributed by atoms with Crippen LogP contribution in [0.4, 0.5) is 0 Å². The van der Waals surface area contributed by atoms with Gasteiger partial charge in [-0.15, -0.1) is 11.6 Å². The number of ether oxygens (including phenoxy) is 1. The summed E-state index contributed by atoms with van der Waals surface area (Å²) in [5.74, 6) is 0.829. The zero-order chi connectivity index (χ0) is 13.2. The first-order valence-electron chi connectivity index (χ1n) is 6.22. The Labute approximate surface area is 113 Å². The van der Waals surface area contributed by atoms with Crippen LogP contribution in [-0.4, -0.2) is 40.7 Å². The second kappa shape index (κ2) is 5.47.